The van der Waals surface area contributed by atoms with Crippen LogP contribution in [0, 0.1) is 17.6 Å². The third-order valence-corrected chi connectivity index (χ3v) is 6.73. The fourth-order valence-electron chi connectivity index (χ4n) is 4.46. The van der Waals surface area contributed by atoms with E-state index < -0.39 is 35.4 Å². The molecule has 1 saturated carbocycles. The zero-order chi connectivity index (χ0) is 24.6. The lowest BCUT2D eigenvalue weighted by molar-refractivity contribution is -0.190. The van der Waals surface area contributed by atoms with Gasteiger partial charge in [-0.05, 0) is 79.9 Å². The smallest absolute Gasteiger partial charge is 0.408 e. The Hall–Kier alpha value is -2.39. The van der Waals surface area contributed by atoms with Gasteiger partial charge in [-0.1, -0.05) is 17.7 Å². The lowest BCUT2D eigenvalue weighted by Crippen LogP contribution is -2.44. The molecule has 2 aliphatic rings. The van der Waals surface area contributed by atoms with Gasteiger partial charge in [-0.3, -0.25) is 4.90 Å². The van der Waals surface area contributed by atoms with Gasteiger partial charge in [-0.15, -0.1) is 0 Å². The van der Waals surface area contributed by atoms with Gasteiger partial charge >= 0.3 is 12.1 Å². The van der Waals surface area contributed by atoms with Crippen molar-refractivity contribution in [3.8, 4) is 5.75 Å². The maximum Gasteiger partial charge on any atom is 0.408 e. The van der Waals surface area contributed by atoms with Gasteiger partial charge in [0.1, 0.15) is 23.4 Å². The van der Waals surface area contributed by atoms with Crippen LogP contribution in [-0.4, -0.2) is 41.8 Å². The molecule has 0 radical (unpaired) electrons. The van der Waals surface area contributed by atoms with Crippen LogP contribution in [0.15, 0.2) is 30.3 Å². The number of carbonyl (C=O) groups is 1. The lowest BCUT2D eigenvalue weighted by atomic mass is 9.94. The summed E-state index contributed by atoms with van der Waals surface area (Å²) in [6.07, 6.45) is -2.03. The van der Waals surface area contributed by atoms with Gasteiger partial charge in [-0.2, -0.15) is 13.2 Å². The monoisotopic (exact) mass is 503 g/mol. The van der Waals surface area contributed by atoms with Gasteiger partial charge in [0, 0.05) is 11.1 Å². The molecule has 1 aliphatic heterocycles. The maximum absolute atomic E-state index is 14.2. The van der Waals surface area contributed by atoms with Gasteiger partial charge in [0.05, 0.1) is 12.2 Å². The van der Waals surface area contributed by atoms with Crippen LogP contribution in [0.5, 0.6) is 5.75 Å². The van der Waals surface area contributed by atoms with E-state index in [1.54, 1.807) is 0 Å². The van der Waals surface area contributed by atoms with Crippen molar-refractivity contribution in [2.45, 2.75) is 43.8 Å². The number of alkyl halides is 3. The summed E-state index contributed by atoms with van der Waals surface area (Å²) in [5, 5.41) is 8.89. The van der Waals surface area contributed by atoms with Crippen molar-refractivity contribution in [3.05, 3.63) is 63.7 Å². The molecule has 0 aromatic heterocycles. The van der Waals surface area contributed by atoms with Crippen LogP contribution in [0.3, 0.4) is 0 Å². The van der Waals surface area contributed by atoms with Crippen LogP contribution in [0.4, 0.5) is 22.0 Å². The Kier molecular flexibility index (Phi) is 7.05. The van der Waals surface area contributed by atoms with Crippen molar-refractivity contribution < 1.29 is 36.6 Å². The number of aromatic carboxylic acids is 1. The van der Waals surface area contributed by atoms with E-state index in [0.29, 0.717) is 24.2 Å². The summed E-state index contributed by atoms with van der Waals surface area (Å²) in [5.74, 6) is -2.57. The first-order chi connectivity index (χ1) is 16.0. The van der Waals surface area contributed by atoms with Gasteiger partial charge < -0.3 is 9.84 Å². The number of nitrogens with zero attached hydrogens (tertiary/aromatic N) is 1. The Morgan fingerprint density at radius 1 is 1.12 bits per heavy atom. The van der Waals surface area contributed by atoms with Gasteiger partial charge in [0.25, 0.3) is 0 Å². The Bertz CT molecular complexity index is 1070. The van der Waals surface area contributed by atoms with Crippen LogP contribution < -0.4 is 4.74 Å². The fourth-order valence-corrected chi connectivity index (χ4v) is 4.73. The van der Waals surface area contributed by atoms with Gasteiger partial charge in [0.15, 0.2) is 0 Å². The highest BCUT2D eigenvalue weighted by molar-refractivity contribution is 6.31. The first-order valence-electron chi connectivity index (χ1n) is 11.0. The molecular formula is C24H23ClF5NO3. The molecule has 4 rings (SSSR count). The standard InChI is InChI=1S/C24H23ClF5NO3/c25-19-9-15(26)3-4-16(19)22(24(28,29)30)31-7-5-13(6-8-31)12-34-21-11-20(27)18(23(32)33)10-17(21)14-1-2-14/h3-4,9-11,13-14,22H,1-2,5-8,12H2,(H,32,33). The third-order valence-electron chi connectivity index (χ3n) is 6.40. The summed E-state index contributed by atoms with van der Waals surface area (Å²) in [6.45, 7) is 0.453. The predicted octanol–water partition coefficient (Wildman–Crippen LogP) is 6.59. The van der Waals surface area contributed by atoms with Crippen molar-refractivity contribution in [2.75, 3.05) is 19.7 Å². The summed E-state index contributed by atoms with van der Waals surface area (Å²) in [4.78, 5) is 12.5. The second kappa shape index (κ2) is 9.70. The minimum Gasteiger partial charge on any atom is -0.493 e. The molecule has 1 unspecified atom stereocenters. The first-order valence-corrected chi connectivity index (χ1v) is 11.4. The van der Waals surface area contributed by atoms with Crippen LogP contribution in [0.25, 0.3) is 0 Å². The molecule has 1 aliphatic carbocycles. The number of rotatable bonds is 7. The number of likely N-dealkylation sites (tertiary alicyclic amines) is 1. The van der Waals surface area contributed by atoms with Crippen molar-refractivity contribution in [1.82, 2.24) is 4.90 Å². The quantitative estimate of drug-likeness (QED) is 0.433. The van der Waals surface area contributed by atoms with Crippen LogP contribution in [-0.2, 0) is 0 Å². The Labute approximate surface area is 198 Å². The average molecular weight is 504 g/mol. The maximum atomic E-state index is 14.2. The number of benzene rings is 2. The third kappa shape index (κ3) is 5.46. The average Bonchev–Trinajstić information content (AvgIpc) is 3.59. The summed E-state index contributed by atoms with van der Waals surface area (Å²) < 4.78 is 75.1. The molecule has 34 heavy (non-hydrogen) atoms. The molecule has 1 heterocycles. The molecule has 0 amide bonds. The zero-order valence-corrected chi connectivity index (χ0v) is 18.8. The summed E-state index contributed by atoms with van der Waals surface area (Å²) in [7, 11) is 0. The van der Waals surface area contributed by atoms with Crippen molar-refractivity contribution >= 4 is 17.6 Å². The summed E-state index contributed by atoms with van der Waals surface area (Å²) in [5.41, 5.74) is 0.0628. The van der Waals surface area contributed by atoms with Crippen LogP contribution >= 0.6 is 11.6 Å². The SMILES string of the molecule is O=C(O)c1cc(C2CC2)c(OCC2CCN(C(c3ccc(F)cc3Cl)C(F)(F)F)CC2)cc1F. The molecule has 2 aromatic carbocycles. The second-order valence-electron chi connectivity index (χ2n) is 8.85. The molecule has 0 spiro atoms. The van der Waals surface area contributed by atoms with E-state index in [-0.39, 0.29) is 42.1 Å². The first kappa shape index (κ1) is 24.7. The van der Waals surface area contributed by atoms with Crippen molar-refractivity contribution in [2.24, 2.45) is 5.92 Å². The van der Waals surface area contributed by atoms with Crippen molar-refractivity contribution in [3.63, 3.8) is 0 Å². The lowest BCUT2D eigenvalue weighted by Gasteiger charge is -2.38. The number of hydrogen-bond donors (Lipinski definition) is 1. The largest absolute Gasteiger partial charge is 0.493 e. The van der Waals surface area contributed by atoms with E-state index in [2.05, 4.69) is 0 Å². The minimum atomic E-state index is -4.59. The highest BCUT2D eigenvalue weighted by Gasteiger charge is 2.46. The summed E-state index contributed by atoms with van der Waals surface area (Å²) >= 11 is 5.93. The molecule has 2 aromatic rings. The molecule has 1 saturated heterocycles. The Balaban J connectivity index is 1.42. The highest BCUT2D eigenvalue weighted by atomic mass is 35.5. The molecule has 10 heteroatoms. The number of piperidine rings is 1. The molecule has 1 atom stereocenters. The van der Waals surface area contributed by atoms with Crippen LogP contribution in [0.2, 0.25) is 5.02 Å². The van der Waals surface area contributed by atoms with E-state index in [9.17, 15) is 26.7 Å². The Morgan fingerprint density at radius 3 is 2.35 bits per heavy atom. The second-order valence-corrected chi connectivity index (χ2v) is 9.26. The van der Waals surface area contributed by atoms with Crippen LogP contribution in [0.1, 0.15) is 59.1 Å². The van der Waals surface area contributed by atoms with E-state index in [1.165, 1.54) is 11.0 Å². The summed E-state index contributed by atoms with van der Waals surface area (Å²) in [6, 6.07) is 3.37. The number of halogens is 6. The Morgan fingerprint density at radius 2 is 1.79 bits per heavy atom. The molecule has 2 fully saturated rings. The van der Waals surface area contributed by atoms with Gasteiger partial charge in [0.2, 0.25) is 0 Å². The zero-order valence-electron chi connectivity index (χ0n) is 18.0. The van der Waals surface area contributed by atoms with E-state index in [4.69, 9.17) is 21.4 Å². The molecule has 0 bridgehead atoms. The normalized spacial score (nSPS) is 18.6. The molecule has 4 nitrogen and oxygen atoms in total. The highest BCUT2D eigenvalue weighted by Crippen LogP contribution is 2.46. The van der Waals surface area contributed by atoms with E-state index >= 15 is 0 Å². The molecule has 184 valence electrons. The number of ether oxygens (including phenoxy) is 1. The fraction of sp³-hybridized carbons (Fsp3) is 0.458. The molecule has 1 N–H and O–H groups in total. The predicted molar refractivity (Wildman–Crippen MR) is 115 cm³/mol. The minimum absolute atomic E-state index is 0.0527. The van der Waals surface area contributed by atoms with E-state index in [1.807, 2.05) is 0 Å². The number of carboxylic acid groups (broad SMARTS) is 1. The van der Waals surface area contributed by atoms with Crippen molar-refractivity contribution in [1.29, 1.82) is 0 Å². The number of carboxylic acids is 1. The topological polar surface area (TPSA) is 49.8 Å². The van der Waals surface area contributed by atoms with Gasteiger partial charge in [-0.25, -0.2) is 13.6 Å². The number of hydrogen-bond acceptors (Lipinski definition) is 3. The van der Waals surface area contributed by atoms with E-state index in [0.717, 1.165) is 37.1 Å². The molecular weight excluding hydrogens is 481 g/mol.